The standard InChI is InChI=1S/C22H32FN5O3S/c1-4-5-11-26-14-19-27(18(21(26)30)10-12-32-3)20(29)15-25(2)28(19)22(31)24-13-16-6-8-17(23)9-7-16/h6-9,18-19H,4-5,10-15H2,1-3H3,(H,24,31)/t18-,19-/m0/s1. The molecule has 2 atom stereocenters. The molecule has 1 aromatic rings. The molecule has 0 unspecified atom stereocenters. The first-order valence-corrected chi connectivity index (χ1v) is 12.4. The van der Waals surface area contributed by atoms with Crippen molar-refractivity contribution in [3.05, 3.63) is 35.6 Å². The summed E-state index contributed by atoms with van der Waals surface area (Å²) in [6.45, 7) is 3.23. The molecule has 0 bridgehead atoms. The number of likely N-dealkylation sites (N-methyl/N-ethyl adjacent to an activating group) is 1. The fourth-order valence-electron chi connectivity index (χ4n) is 4.22. The second-order valence-electron chi connectivity index (χ2n) is 8.16. The van der Waals surface area contributed by atoms with Gasteiger partial charge in [-0.1, -0.05) is 25.5 Å². The van der Waals surface area contributed by atoms with Crippen molar-refractivity contribution in [2.45, 2.75) is 44.9 Å². The molecule has 3 rings (SSSR count). The molecule has 1 aromatic carbocycles. The quantitative estimate of drug-likeness (QED) is 0.637. The van der Waals surface area contributed by atoms with E-state index in [-0.39, 0.29) is 43.3 Å². The summed E-state index contributed by atoms with van der Waals surface area (Å²) >= 11 is 1.63. The lowest BCUT2D eigenvalue weighted by molar-refractivity contribution is -0.187. The summed E-state index contributed by atoms with van der Waals surface area (Å²) in [7, 11) is 1.70. The molecule has 32 heavy (non-hydrogen) atoms. The molecule has 2 aliphatic rings. The van der Waals surface area contributed by atoms with Crippen molar-refractivity contribution in [1.82, 2.24) is 25.1 Å². The molecule has 176 valence electrons. The van der Waals surface area contributed by atoms with Crippen molar-refractivity contribution in [1.29, 1.82) is 0 Å². The van der Waals surface area contributed by atoms with E-state index in [1.165, 1.54) is 12.1 Å². The zero-order chi connectivity index (χ0) is 23.3. The Hall–Kier alpha value is -2.33. The van der Waals surface area contributed by atoms with Gasteiger partial charge < -0.3 is 15.1 Å². The first-order valence-electron chi connectivity index (χ1n) is 11.0. The van der Waals surface area contributed by atoms with Crippen LogP contribution >= 0.6 is 11.8 Å². The minimum Gasteiger partial charge on any atom is -0.337 e. The minimum absolute atomic E-state index is 0.0263. The molecule has 8 nitrogen and oxygen atoms in total. The summed E-state index contributed by atoms with van der Waals surface area (Å²) in [5.41, 5.74) is 0.772. The smallest absolute Gasteiger partial charge is 0.334 e. The van der Waals surface area contributed by atoms with Crippen LogP contribution in [0.5, 0.6) is 0 Å². The lowest BCUT2D eigenvalue weighted by Crippen LogP contribution is -2.76. The zero-order valence-corrected chi connectivity index (χ0v) is 19.7. The van der Waals surface area contributed by atoms with Gasteiger partial charge in [0.25, 0.3) is 0 Å². The number of carbonyl (C=O) groups excluding carboxylic acids is 3. The lowest BCUT2D eigenvalue weighted by atomic mass is 10.0. The van der Waals surface area contributed by atoms with Crippen LogP contribution in [0, 0.1) is 5.82 Å². The molecule has 2 aliphatic heterocycles. The van der Waals surface area contributed by atoms with Crippen LogP contribution in [0.1, 0.15) is 31.7 Å². The van der Waals surface area contributed by atoms with Gasteiger partial charge in [-0.2, -0.15) is 11.8 Å². The Balaban J connectivity index is 1.81. The minimum atomic E-state index is -0.563. The van der Waals surface area contributed by atoms with Crippen molar-refractivity contribution in [2.75, 3.05) is 38.7 Å². The van der Waals surface area contributed by atoms with Gasteiger partial charge in [-0.05, 0) is 42.5 Å². The molecular weight excluding hydrogens is 433 g/mol. The highest BCUT2D eigenvalue weighted by Crippen LogP contribution is 2.28. The van der Waals surface area contributed by atoms with Crippen LogP contribution in [0.3, 0.4) is 0 Å². The molecule has 0 aromatic heterocycles. The maximum atomic E-state index is 13.2. The first kappa shape index (κ1) is 24.3. The number of rotatable bonds is 8. The number of nitrogens with one attached hydrogen (secondary N) is 1. The second-order valence-corrected chi connectivity index (χ2v) is 9.15. The third-order valence-electron chi connectivity index (χ3n) is 5.88. The highest BCUT2D eigenvalue weighted by atomic mass is 32.2. The highest BCUT2D eigenvalue weighted by Gasteiger charge is 2.50. The summed E-state index contributed by atoms with van der Waals surface area (Å²) in [6, 6.07) is 5.03. The number of hydrogen-bond acceptors (Lipinski definition) is 5. The number of hydrazine groups is 1. The number of amides is 4. The Morgan fingerprint density at radius 2 is 1.97 bits per heavy atom. The highest BCUT2D eigenvalue weighted by molar-refractivity contribution is 7.98. The van der Waals surface area contributed by atoms with Crippen molar-refractivity contribution in [3.8, 4) is 0 Å². The number of fused-ring (bicyclic) bond motifs is 1. The summed E-state index contributed by atoms with van der Waals surface area (Å²) in [6.07, 6.45) is 3.79. The molecule has 4 amide bonds. The third kappa shape index (κ3) is 5.35. The number of carbonyl (C=O) groups is 3. The SMILES string of the molecule is CCCCN1C[C@H]2N(C(=O)CN(C)N2C(=O)NCc2ccc(F)cc2)[C@@H](CCSC)C1=O. The summed E-state index contributed by atoms with van der Waals surface area (Å²) < 4.78 is 13.2. The second kappa shape index (κ2) is 11.0. The Labute approximate surface area is 193 Å². The van der Waals surface area contributed by atoms with E-state index >= 15 is 0 Å². The number of benzene rings is 1. The molecular formula is C22H32FN5O3S. The number of urea groups is 1. The van der Waals surface area contributed by atoms with Crippen LogP contribution < -0.4 is 5.32 Å². The van der Waals surface area contributed by atoms with Gasteiger partial charge in [-0.3, -0.25) is 9.59 Å². The Morgan fingerprint density at radius 1 is 1.25 bits per heavy atom. The van der Waals surface area contributed by atoms with Gasteiger partial charge in [0.2, 0.25) is 11.8 Å². The number of thioether (sulfide) groups is 1. The predicted octanol–water partition coefficient (Wildman–Crippen LogP) is 2.12. The fourth-order valence-corrected chi connectivity index (χ4v) is 4.68. The van der Waals surface area contributed by atoms with Gasteiger partial charge in [-0.15, -0.1) is 0 Å². The molecule has 0 saturated carbocycles. The number of piperazine rings is 1. The van der Waals surface area contributed by atoms with Crippen LogP contribution in [0.4, 0.5) is 9.18 Å². The molecule has 10 heteroatoms. The van der Waals surface area contributed by atoms with Gasteiger partial charge in [0.15, 0.2) is 0 Å². The normalized spacial score (nSPS) is 21.7. The topological polar surface area (TPSA) is 76.2 Å². The van der Waals surface area contributed by atoms with E-state index in [4.69, 9.17) is 0 Å². The third-order valence-corrected chi connectivity index (χ3v) is 6.53. The molecule has 0 radical (unpaired) electrons. The van der Waals surface area contributed by atoms with E-state index in [0.29, 0.717) is 13.0 Å². The number of nitrogens with zero attached hydrogens (tertiary/aromatic N) is 4. The first-order chi connectivity index (χ1) is 15.4. The van der Waals surface area contributed by atoms with Gasteiger partial charge in [0.05, 0.1) is 13.1 Å². The maximum Gasteiger partial charge on any atom is 0.334 e. The lowest BCUT2D eigenvalue weighted by Gasteiger charge is -2.54. The van der Waals surface area contributed by atoms with Crippen LogP contribution in [0.15, 0.2) is 24.3 Å². The van der Waals surface area contributed by atoms with Crippen molar-refractivity contribution in [3.63, 3.8) is 0 Å². The van der Waals surface area contributed by atoms with Crippen LogP contribution in [-0.4, -0.2) is 88.6 Å². The number of unbranched alkanes of at least 4 members (excludes halogenated alkanes) is 1. The largest absolute Gasteiger partial charge is 0.337 e. The Bertz CT molecular complexity index is 824. The number of hydrogen-bond donors (Lipinski definition) is 1. The number of halogens is 1. The zero-order valence-electron chi connectivity index (χ0n) is 18.9. The molecule has 0 spiro atoms. The molecule has 2 heterocycles. The van der Waals surface area contributed by atoms with Crippen LogP contribution in [0.2, 0.25) is 0 Å². The van der Waals surface area contributed by atoms with E-state index in [0.717, 1.165) is 24.2 Å². The van der Waals surface area contributed by atoms with Gasteiger partial charge in [0.1, 0.15) is 18.0 Å². The van der Waals surface area contributed by atoms with Crippen molar-refractivity contribution < 1.29 is 18.8 Å². The Kier molecular flexibility index (Phi) is 8.36. The van der Waals surface area contributed by atoms with Crippen LogP contribution in [0.25, 0.3) is 0 Å². The Morgan fingerprint density at radius 3 is 2.62 bits per heavy atom. The average molecular weight is 466 g/mol. The molecule has 2 fully saturated rings. The fraction of sp³-hybridized carbons (Fsp3) is 0.591. The van der Waals surface area contributed by atoms with Gasteiger partial charge in [0, 0.05) is 20.1 Å². The van der Waals surface area contributed by atoms with Gasteiger partial charge >= 0.3 is 6.03 Å². The van der Waals surface area contributed by atoms with E-state index < -0.39 is 12.2 Å². The van der Waals surface area contributed by atoms with Crippen molar-refractivity contribution in [2.24, 2.45) is 0 Å². The van der Waals surface area contributed by atoms with E-state index in [9.17, 15) is 18.8 Å². The summed E-state index contributed by atoms with van der Waals surface area (Å²) in [4.78, 5) is 42.8. The maximum absolute atomic E-state index is 13.2. The van der Waals surface area contributed by atoms with E-state index in [1.807, 2.05) is 6.26 Å². The molecule has 2 saturated heterocycles. The van der Waals surface area contributed by atoms with Crippen LogP contribution in [-0.2, 0) is 16.1 Å². The molecule has 1 N–H and O–H groups in total. The van der Waals surface area contributed by atoms with Crippen molar-refractivity contribution >= 4 is 29.6 Å². The summed E-state index contributed by atoms with van der Waals surface area (Å²) in [5.74, 6) is 0.240. The average Bonchev–Trinajstić information content (AvgIpc) is 2.77. The monoisotopic (exact) mass is 465 g/mol. The predicted molar refractivity (Wildman–Crippen MR) is 122 cm³/mol. The van der Waals surface area contributed by atoms with E-state index in [1.54, 1.807) is 50.8 Å². The van der Waals surface area contributed by atoms with Gasteiger partial charge in [-0.25, -0.2) is 19.2 Å². The summed E-state index contributed by atoms with van der Waals surface area (Å²) in [5, 5.41) is 6.03. The van der Waals surface area contributed by atoms with E-state index in [2.05, 4.69) is 12.2 Å². The molecule has 0 aliphatic carbocycles.